The van der Waals surface area contributed by atoms with Crippen molar-refractivity contribution in [1.29, 1.82) is 5.26 Å². The van der Waals surface area contributed by atoms with Gasteiger partial charge in [0.25, 0.3) is 0 Å². The van der Waals surface area contributed by atoms with Crippen molar-refractivity contribution < 1.29 is 14.6 Å². The predicted molar refractivity (Wildman–Crippen MR) is 140 cm³/mol. The van der Waals surface area contributed by atoms with Crippen molar-refractivity contribution in [1.82, 2.24) is 15.3 Å². The van der Waals surface area contributed by atoms with Gasteiger partial charge < -0.3 is 25.8 Å². The van der Waals surface area contributed by atoms with Crippen LogP contribution in [0, 0.1) is 34.5 Å². The first kappa shape index (κ1) is 25.1. The zero-order valence-electron chi connectivity index (χ0n) is 21.8. The van der Waals surface area contributed by atoms with Gasteiger partial charge in [0.05, 0.1) is 6.20 Å². The lowest BCUT2D eigenvalue weighted by molar-refractivity contribution is -0.0703. The van der Waals surface area contributed by atoms with Gasteiger partial charge in [-0.1, -0.05) is 18.2 Å². The van der Waals surface area contributed by atoms with E-state index in [0.717, 1.165) is 44.2 Å². The summed E-state index contributed by atoms with van der Waals surface area (Å²) in [5.74, 6) is 2.69. The van der Waals surface area contributed by atoms with Crippen molar-refractivity contribution in [3.05, 3.63) is 41.6 Å². The van der Waals surface area contributed by atoms with E-state index in [1.54, 1.807) is 12.1 Å². The summed E-state index contributed by atoms with van der Waals surface area (Å²) >= 11 is 0. The number of nitrogens with zero attached hydrogens (tertiary/aromatic N) is 3. The van der Waals surface area contributed by atoms with Crippen LogP contribution in [0.4, 0.5) is 16.6 Å². The normalized spacial score (nSPS) is 27.8. The molecule has 3 unspecified atom stereocenters. The van der Waals surface area contributed by atoms with Crippen LogP contribution in [0.2, 0.25) is 0 Å². The lowest BCUT2D eigenvalue weighted by Crippen LogP contribution is -2.60. The number of carbonyl (C=O) groups excluding carboxylic acids is 1. The van der Waals surface area contributed by atoms with Crippen LogP contribution in [-0.2, 0) is 11.3 Å². The van der Waals surface area contributed by atoms with Crippen LogP contribution >= 0.6 is 0 Å². The number of para-hydroxylation sites is 1. The molecule has 9 nitrogen and oxygen atoms in total. The molecule has 4 saturated carbocycles. The van der Waals surface area contributed by atoms with Gasteiger partial charge in [-0.05, 0) is 82.1 Å². The van der Waals surface area contributed by atoms with E-state index in [9.17, 15) is 15.2 Å². The van der Waals surface area contributed by atoms with E-state index in [1.165, 1.54) is 6.20 Å². The quantitative estimate of drug-likeness (QED) is 0.423. The molecule has 4 aliphatic rings. The summed E-state index contributed by atoms with van der Waals surface area (Å²) in [6.07, 6.45) is 6.75. The minimum absolute atomic E-state index is 0.129. The van der Waals surface area contributed by atoms with Crippen molar-refractivity contribution in [2.24, 2.45) is 23.2 Å². The molecular formula is C28H36N6O3. The van der Waals surface area contributed by atoms with Gasteiger partial charge in [-0.3, -0.25) is 0 Å². The van der Waals surface area contributed by atoms with Gasteiger partial charge in [0.15, 0.2) is 0 Å². The Morgan fingerprint density at radius 1 is 1.19 bits per heavy atom. The maximum absolute atomic E-state index is 12.5. The van der Waals surface area contributed by atoms with Gasteiger partial charge in [0, 0.05) is 24.7 Å². The average Bonchev–Trinajstić information content (AvgIpc) is 2.83. The van der Waals surface area contributed by atoms with Crippen LogP contribution in [-0.4, -0.2) is 39.4 Å². The third kappa shape index (κ3) is 5.58. The van der Waals surface area contributed by atoms with Crippen molar-refractivity contribution >= 4 is 17.9 Å². The number of amides is 1. The minimum atomic E-state index is -0.508. The van der Waals surface area contributed by atoms with Crippen LogP contribution in [0.15, 0.2) is 30.5 Å². The highest BCUT2D eigenvalue weighted by Crippen LogP contribution is 2.60. The molecule has 4 bridgehead atoms. The smallest absolute Gasteiger partial charge is 0.407 e. The Kier molecular flexibility index (Phi) is 6.61. The predicted octanol–water partition coefficient (Wildman–Crippen LogP) is 4.80. The van der Waals surface area contributed by atoms with Gasteiger partial charge >= 0.3 is 6.09 Å². The molecule has 2 aromatic rings. The van der Waals surface area contributed by atoms with E-state index in [-0.39, 0.29) is 23.3 Å². The number of phenolic OH excluding ortho intramolecular Hbond substituents is 1. The summed E-state index contributed by atoms with van der Waals surface area (Å²) in [5.41, 5.74) is 0.770. The molecule has 4 N–H and O–H groups in total. The molecule has 0 spiro atoms. The summed E-state index contributed by atoms with van der Waals surface area (Å²) in [6, 6.07) is 9.48. The number of nitriles is 1. The molecule has 0 radical (unpaired) electrons. The Balaban J connectivity index is 1.24. The molecule has 1 aromatic heterocycles. The molecule has 0 aliphatic heterocycles. The van der Waals surface area contributed by atoms with E-state index in [2.05, 4.69) is 32.0 Å². The number of aromatic hydroxyl groups is 1. The summed E-state index contributed by atoms with van der Waals surface area (Å²) in [5, 5.41) is 29.5. The number of hydrogen-bond donors (Lipinski definition) is 4. The lowest BCUT2D eigenvalue weighted by Gasteiger charge is -2.60. The first-order valence-corrected chi connectivity index (χ1v) is 13.1. The maximum atomic E-state index is 12.5. The summed E-state index contributed by atoms with van der Waals surface area (Å²) in [6.45, 7) is 6.77. The van der Waals surface area contributed by atoms with E-state index in [0.29, 0.717) is 41.6 Å². The van der Waals surface area contributed by atoms with E-state index in [1.807, 2.05) is 32.9 Å². The maximum Gasteiger partial charge on any atom is 0.407 e. The second-order valence-corrected chi connectivity index (χ2v) is 12.0. The fourth-order valence-electron chi connectivity index (χ4n) is 6.88. The molecule has 196 valence electrons. The summed E-state index contributed by atoms with van der Waals surface area (Å²) < 4.78 is 5.54. The zero-order valence-corrected chi connectivity index (χ0v) is 21.8. The Hall–Kier alpha value is -3.54. The summed E-state index contributed by atoms with van der Waals surface area (Å²) in [7, 11) is 0. The van der Waals surface area contributed by atoms with Gasteiger partial charge in [-0.2, -0.15) is 10.2 Å². The highest BCUT2D eigenvalue weighted by molar-refractivity contribution is 5.68. The van der Waals surface area contributed by atoms with Gasteiger partial charge in [-0.15, -0.1) is 0 Å². The van der Waals surface area contributed by atoms with E-state index >= 15 is 0 Å². The van der Waals surface area contributed by atoms with E-state index < -0.39 is 5.60 Å². The van der Waals surface area contributed by atoms with Gasteiger partial charge in [-0.25, -0.2) is 9.78 Å². The third-order valence-corrected chi connectivity index (χ3v) is 8.05. The number of hydrogen-bond acceptors (Lipinski definition) is 8. The number of anilines is 2. The van der Waals surface area contributed by atoms with Gasteiger partial charge in [0.1, 0.15) is 28.8 Å². The molecule has 5 atom stereocenters. The number of phenols is 1. The topological polar surface area (TPSA) is 132 Å². The lowest BCUT2D eigenvalue weighted by atomic mass is 9.48. The first-order valence-electron chi connectivity index (χ1n) is 13.1. The zero-order chi connectivity index (χ0) is 26.2. The number of ether oxygens (including phenoxy) is 1. The average molecular weight is 505 g/mol. The van der Waals surface area contributed by atoms with E-state index in [4.69, 9.17) is 4.74 Å². The SMILES string of the molecule is CC(C)(C)OC(=O)NC1[C@@H]2CC3C[C@H]1CC(CNc1nc(NCc4ccccc4O)ncc1C#N)(C3)C2. The van der Waals surface area contributed by atoms with Crippen LogP contribution in [0.25, 0.3) is 0 Å². The second kappa shape index (κ2) is 9.73. The number of nitrogens with one attached hydrogen (secondary N) is 3. The Bertz CT molecular complexity index is 1190. The highest BCUT2D eigenvalue weighted by atomic mass is 16.6. The van der Waals surface area contributed by atoms with Crippen LogP contribution in [0.3, 0.4) is 0 Å². The molecule has 1 aromatic carbocycles. The van der Waals surface area contributed by atoms with Crippen LogP contribution in [0.5, 0.6) is 5.75 Å². The molecule has 37 heavy (non-hydrogen) atoms. The van der Waals surface area contributed by atoms with Gasteiger partial charge in [0.2, 0.25) is 5.95 Å². The van der Waals surface area contributed by atoms with Crippen molar-refractivity contribution in [3.8, 4) is 11.8 Å². The Labute approximate surface area is 218 Å². The molecule has 9 heteroatoms. The molecule has 4 fully saturated rings. The molecule has 0 saturated heterocycles. The molecule has 6 rings (SSSR count). The standard InChI is InChI=1S/C28H36N6O3/c1-27(2,3)37-26(36)33-23-19-8-17-9-20(23)12-28(10-17,11-19)16-32-24-21(13-29)15-31-25(34-24)30-14-18-6-4-5-7-22(18)35/h4-7,15,17,19-20,23,35H,8-12,14,16H2,1-3H3,(H,33,36)(H2,30,31,32,34)/t17?,19-,20+,23?,28?. The summed E-state index contributed by atoms with van der Waals surface area (Å²) in [4.78, 5) is 21.4. The highest BCUT2D eigenvalue weighted by Gasteiger charge is 2.55. The minimum Gasteiger partial charge on any atom is -0.508 e. The fourth-order valence-corrected chi connectivity index (χ4v) is 6.88. The third-order valence-electron chi connectivity index (χ3n) is 8.05. The number of alkyl carbamates (subject to hydrolysis) is 1. The fraction of sp³-hybridized carbons (Fsp3) is 0.571. The molecule has 1 heterocycles. The molecule has 1 amide bonds. The second-order valence-electron chi connectivity index (χ2n) is 12.0. The monoisotopic (exact) mass is 504 g/mol. The Morgan fingerprint density at radius 3 is 2.59 bits per heavy atom. The number of benzene rings is 1. The molecule has 4 aliphatic carbocycles. The number of carbonyl (C=O) groups is 1. The Morgan fingerprint density at radius 2 is 1.92 bits per heavy atom. The van der Waals surface area contributed by atoms with Crippen LogP contribution < -0.4 is 16.0 Å². The van der Waals surface area contributed by atoms with Crippen molar-refractivity contribution in [2.45, 2.75) is 71.1 Å². The number of aromatic nitrogens is 2. The molecular weight excluding hydrogens is 468 g/mol. The van der Waals surface area contributed by atoms with Crippen LogP contribution in [0.1, 0.15) is 64.0 Å². The van der Waals surface area contributed by atoms with Crippen molar-refractivity contribution in [2.75, 3.05) is 17.2 Å². The largest absolute Gasteiger partial charge is 0.508 e. The van der Waals surface area contributed by atoms with Crippen molar-refractivity contribution in [3.63, 3.8) is 0 Å². The first-order chi connectivity index (χ1) is 17.6. The number of rotatable bonds is 7.